The van der Waals surface area contributed by atoms with Crippen LogP contribution in [0.15, 0.2) is 212 Å². The van der Waals surface area contributed by atoms with Crippen molar-refractivity contribution in [2.45, 2.75) is 0 Å². The summed E-state index contributed by atoms with van der Waals surface area (Å²) in [6.45, 7) is 0. The minimum atomic E-state index is 1.12. The summed E-state index contributed by atoms with van der Waals surface area (Å²) in [7, 11) is 0. The molecular formula is C54H35NS. The van der Waals surface area contributed by atoms with E-state index < -0.39 is 0 Å². The Morgan fingerprint density at radius 3 is 1.62 bits per heavy atom. The first-order valence-corrected chi connectivity index (χ1v) is 20.0. The van der Waals surface area contributed by atoms with Crippen molar-refractivity contribution in [2.75, 3.05) is 4.90 Å². The van der Waals surface area contributed by atoms with Crippen molar-refractivity contribution in [3.8, 4) is 33.4 Å². The first-order valence-electron chi connectivity index (χ1n) is 19.2. The van der Waals surface area contributed by atoms with Crippen molar-refractivity contribution in [1.29, 1.82) is 0 Å². The van der Waals surface area contributed by atoms with Gasteiger partial charge in [-0.1, -0.05) is 152 Å². The molecule has 1 aromatic heterocycles. The smallest absolute Gasteiger partial charge is 0.0554 e. The maximum atomic E-state index is 2.42. The number of fused-ring (bicyclic) bond motifs is 7. The summed E-state index contributed by atoms with van der Waals surface area (Å²) in [5.41, 5.74) is 10.7. The zero-order valence-electron chi connectivity index (χ0n) is 30.6. The standard InChI is InChI=1S/C54H35NS/c1-2-12-39-33-41(24-23-36(39)11-1)38-27-31-45(32-28-38)55(51-20-10-22-53-54(51)49-19-7-8-21-52(49)56-53)44-29-25-37(26-30-44)40-14-9-15-42(34-40)50-35-43-13-3-4-16-46(43)47-17-5-6-18-48(47)50/h1-35H. The molecular weight excluding hydrogens is 695 g/mol. The fourth-order valence-electron chi connectivity index (χ4n) is 8.50. The fourth-order valence-corrected chi connectivity index (χ4v) is 9.63. The molecule has 0 aliphatic heterocycles. The van der Waals surface area contributed by atoms with Crippen molar-refractivity contribution in [3.63, 3.8) is 0 Å². The molecule has 0 radical (unpaired) electrons. The highest BCUT2D eigenvalue weighted by molar-refractivity contribution is 7.26. The average molecular weight is 730 g/mol. The van der Waals surface area contributed by atoms with Crippen LogP contribution < -0.4 is 4.90 Å². The summed E-state index contributed by atoms with van der Waals surface area (Å²) >= 11 is 1.86. The fraction of sp³-hybridized carbons (Fsp3) is 0. The Morgan fingerprint density at radius 1 is 0.304 bits per heavy atom. The summed E-state index contributed by atoms with van der Waals surface area (Å²) in [5, 5.41) is 10.2. The van der Waals surface area contributed by atoms with E-state index in [4.69, 9.17) is 0 Å². The molecule has 0 N–H and O–H groups in total. The summed E-state index contributed by atoms with van der Waals surface area (Å²) in [6, 6.07) is 77.7. The predicted octanol–water partition coefficient (Wildman–Crippen LogP) is 16.0. The summed E-state index contributed by atoms with van der Waals surface area (Å²) < 4.78 is 2.59. The van der Waals surface area contributed by atoms with Crippen LogP contribution in [0.1, 0.15) is 0 Å². The number of hydrogen-bond acceptors (Lipinski definition) is 2. The van der Waals surface area contributed by atoms with Crippen molar-refractivity contribution in [1.82, 2.24) is 0 Å². The zero-order valence-corrected chi connectivity index (χ0v) is 31.4. The SMILES string of the molecule is c1cc(-c2ccc(N(c3ccc(-c4ccc5ccccc5c4)cc3)c3cccc4sc5ccccc5c34)cc2)cc(-c2cc3ccccc3c3ccccc23)c1. The van der Waals surface area contributed by atoms with Gasteiger partial charge in [0.05, 0.1) is 5.69 Å². The minimum absolute atomic E-state index is 1.12. The molecule has 1 heterocycles. The van der Waals surface area contributed by atoms with Gasteiger partial charge in [-0.3, -0.25) is 0 Å². The van der Waals surface area contributed by atoms with Crippen molar-refractivity contribution in [2.24, 2.45) is 0 Å². The third-order valence-corrected chi connectivity index (χ3v) is 12.4. The van der Waals surface area contributed by atoms with Gasteiger partial charge in [-0.25, -0.2) is 0 Å². The topological polar surface area (TPSA) is 3.24 Å². The Balaban J connectivity index is 1.01. The summed E-state index contributed by atoms with van der Waals surface area (Å²) in [5.74, 6) is 0. The Bertz CT molecular complexity index is 3250. The van der Waals surface area contributed by atoms with Gasteiger partial charge < -0.3 is 4.90 Å². The number of thiophene rings is 1. The Labute approximate surface area is 330 Å². The van der Waals surface area contributed by atoms with Crippen LogP contribution in [0.4, 0.5) is 17.1 Å². The first kappa shape index (κ1) is 32.4. The predicted molar refractivity (Wildman–Crippen MR) is 243 cm³/mol. The first-order chi connectivity index (χ1) is 27.7. The number of benzene rings is 10. The highest BCUT2D eigenvalue weighted by Crippen LogP contribution is 2.45. The number of nitrogens with zero attached hydrogens (tertiary/aromatic N) is 1. The second kappa shape index (κ2) is 13.4. The molecule has 1 nitrogen and oxygen atoms in total. The molecule has 0 spiro atoms. The molecule has 0 bridgehead atoms. The Hall–Kier alpha value is -7.00. The van der Waals surface area contributed by atoms with E-state index in [0.29, 0.717) is 0 Å². The Kier molecular flexibility index (Phi) is 7.75. The zero-order chi connectivity index (χ0) is 37.0. The van der Waals surface area contributed by atoms with E-state index in [9.17, 15) is 0 Å². The molecule has 0 amide bonds. The molecule has 0 saturated carbocycles. The molecule has 0 saturated heterocycles. The van der Waals surface area contributed by atoms with Gasteiger partial charge in [-0.15, -0.1) is 11.3 Å². The van der Waals surface area contributed by atoms with Crippen LogP contribution in [0.2, 0.25) is 0 Å². The second-order valence-corrected chi connectivity index (χ2v) is 15.6. The maximum absolute atomic E-state index is 2.42. The van der Waals surface area contributed by atoms with Gasteiger partial charge in [0.2, 0.25) is 0 Å². The van der Waals surface area contributed by atoms with E-state index in [1.165, 1.54) is 91.6 Å². The van der Waals surface area contributed by atoms with E-state index in [0.717, 1.165) is 11.4 Å². The minimum Gasteiger partial charge on any atom is -0.310 e. The molecule has 10 aromatic carbocycles. The molecule has 0 atom stereocenters. The van der Waals surface area contributed by atoms with Gasteiger partial charge in [0.1, 0.15) is 0 Å². The maximum Gasteiger partial charge on any atom is 0.0554 e. The normalized spacial score (nSPS) is 11.6. The molecule has 0 aliphatic carbocycles. The monoisotopic (exact) mass is 729 g/mol. The lowest BCUT2D eigenvalue weighted by Crippen LogP contribution is -2.10. The van der Waals surface area contributed by atoms with Gasteiger partial charge in [-0.05, 0) is 126 Å². The largest absolute Gasteiger partial charge is 0.310 e. The van der Waals surface area contributed by atoms with Gasteiger partial charge in [0, 0.05) is 31.5 Å². The molecule has 56 heavy (non-hydrogen) atoms. The molecule has 0 unspecified atom stereocenters. The molecule has 0 fully saturated rings. The van der Waals surface area contributed by atoms with Crippen LogP contribution in [0.5, 0.6) is 0 Å². The van der Waals surface area contributed by atoms with E-state index in [1.807, 2.05) is 11.3 Å². The van der Waals surface area contributed by atoms with Crippen molar-refractivity contribution in [3.05, 3.63) is 212 Å². The van der Waals surface area contributed by atoms with Gasteiger partial charge in [0.25, 0.3) is 0 Å². The molecule has 0 aliphatic rings. The van der Waals surface area contributed by atoms with Crippen molar-refractivity contribution >= 4 is 80.9 Å². The lowest BCUT2D eigenvalue weighted by Gasteiger charge is -2.27. The molecule has 2 heteroatoms. The number of hydrogen-bond donors (Lipinski definition) is 0. The van der Waals surface area contributed by atoms with E-state index in [-0.39, 0.29) is 0 Å². The third-order valence-electron chi connectivity index (χ3n) is 11.2. The van der Waals surface area contributed by atoms with Crippen LogP contribution >= 0.6 is 11.3 Å². The van der Waals surface area contributed by atoms with Gasteiger partial charge in [-0.2, -0.15) is 0 Å². The lowest BCUT2D eigenvalue weighted by molar-refractivity contribution is 1.30. The number of anilines is 3. The lowest BCUT2D eigenvalue weighted by atomic mass is 9.92. The van der Waals surface area contributed by atoms with Crippen LogP contribution in [0.3, 0.4) is 0 Å². The van der Waals surface area contributed by atoms with E-state index in [1.54, 1.807) is 0 Å². The van der Waals surface area contributed by atoms with Crippen LogP contribution in [-0.2, 0) is 0 Å². The highest BCUT2D eigenvalue weighted by Gasteiger charge is 2.19. The molecule has 11 aromatic rings. The quantitative estimate of drug-likeness (QED) is 0.154. The van der Waals surface area contributed by atoms with Crippen LogP contribution in [-0.4, -0.2) is 0 Å². The number of rotatable bonds is 6. The summed E-state index contributed by atoms with van der Waals surface area (Å²) in [4.78, 5) is 2.42. The molecule has 11 rings (SSSR count). The average Bonchev–Trinajstić information content (AvgIpc) is 3.66. The summed E-state index contributed by atoms with van der Waals surface area (Å²) in [6.07, 6.45) is 0. The van der Waals surface area contributed by atoms with Crippen LogP contribution in [0, 0.1) is 0 Å². The second-order valence-electron chi connectivity index (χ2n) is 14.5. The van der Waals surface area contributed by atoms with E-state index >= 15 is 0 Å². The third kappa shape index (κ3) is 5.54. The van der Waals surface area contributed by atoms with E-state index in [2.05, 4.69) is 217 Å². The molecule has 262 valence electrons. The Morgan fingerprint density at radius 2 is 0.857 bits per heavy atom. The van der Waals surface area contributed by atoms with Gasteiger partial charge >= 0.3 is 0 Å². The highest BCUT2D eigenvalue weighted by atomic mass is 32.1. The van der Waals surface area contributed by atoms with Gasteiger partial charge in [0.15, 0.2) is 0 Å². The van der Waals surface area contributed by atoms with Crippen LogP contribution in [0.25, 0.3) is 85.9 Å². The van der Waals surface area contributed by atoms with Crippen molar-refractivity contribution < 1.29 is 0 Å².